The van der Waals surface area contributed by atoms with Gasteiger partial charge in [-0.1, -0.05) is 24.6 Å². The van der Waals surface area contributed by atoms with Crippen molar-refractivity contribution in [1.82, 2.24) is 0 Å². The largest absolute Gasteiger partial charge is 0.323 e. The van der Waals surface area contributed by atoms with Crippen molar-refractivity contribution >= 4 is 22.9 Å². The molecule has 1 atom stereocenters. The highest BCUT2D eigenvalue weighted by Crippen LogP contribution is 2.34. The summed E-state index contributed by atoms with van der Waals surface area (Å²) in [7, 11) is 0. The summed E-state index contributed by atoms with van der Waals surface area (Å²) >= 11 is 7.80. The number of hydrogen-bond acceptors (Lipinski definition) is 2. The van der Waals surface area contributed by atoms with Crippen LogP contribution in [0.25, 0.3) is 10.4 Å². The average Bonchev–Trinajstić information content (AvgIpc) is 2.80. The van der Waals surface area contributed by atoms with Gasteiger partial charge in [0.05, 0.1) is 0 Å². The summed E-state index contributed by atoms with van der Waals surface area (Å²) in [6, 6.07) is 10.4. The zero-order valence-electron chi connectivity index (χ0n) is 10.0. The van der Waals surface area contributed by atoms with Crippen molar-refractivity contribution < 1.29 is 0 Å². The first-order valence-electron chi connectivity index (χ1n) is 5.73. The molecule has 0 saturated heterocycles. The Balaban J connectivity index is 2.40. The smallest absolute Gasteiger partial charge is 0.0412 e. The van der Waals surface area contributed by atoms with Crippen LogP contribution in [0.2, 0.25) is 5.02 Å². The van der Waals surface area contributed by atoms with Crippen molar-refractivity contribution in [2.75, 3.05) is 0 Å². The highest BCUT2D eigenvalue weighted by molar-refractivity contribution is 7.15. The second kappa shape index (κ2) is 5.21. The Labute approximate surface area is 111 Å². The van der Waals surface area contributed by atoms with Crippen molar-refractivity contribution in [2.24, 2.45) is 5.73 Å². The summed E-state index contributed by atoms with van der Waals surface area (Å²) in [4.78, 5) is 2.48. The van der Waals surface area contributed by atoms with Crippen LogP contribution in [0.4, 0.5) is 0 Å². The summed E-state index contributed by atoms with van der Waals surface area (Å²) in [5.74, 6) is 0. The zero-order valence-corrected chi connectivity index (χ0v) is 11.6. The van der Waals surface area contributed by atoms with Gasteiger partial charge in [0, 0.05) is 20.8 Å². The molecule has 0 aliphatic rings. The number of benzene rings is 1. The zero-order chi connectivity index (χ0) is 12.4. The van der Waals surface area contributed by atoms with Crippen LogP contribution >= 0.6 is 22.9 Å². The van der Waals surface area contributed by atoms with Crippen LogP contribution in [0.15, 0.2) is 30.3 Å². The van der Waals surface area contributed by atoms with Crippen LogP contribution in [-0.4, -0.2) is 0 Å². The Morgan fingerprint density at radius 2 is 2.06 bits per heavy atom. The quantitative estimate of drug-likeness (QED) is 0.849. The number of aryl methyl sites for hydroxylation is 1. The van der Waals surface area contributed by atoms with Gasteiger partial charge in [-0.05, 0) is 48.7 Å². The van der Waals surface area contributed by atoms with E-state index in [-0.39, 0.29) is 6.04 Å². The van der Waals surface area contributed by atoms with Crippen molar-refractivity contribution in [3.8, 4) is 10.4 Å². The molecule has 0 bridgehead atoms. The molecular formula is C14H16ClNS. The maximum absolute atomic E-state index is 6.04. The SMILES string of the molecule is CCC(N)c1ccc(-c2cc(Cl)ccc2C)s1. The fraction of sp³-hybridized carbons (Fsp3) is 0.286. The number of hydrogen-bond donors (Lipinski definition) is 1. The molecule has 90 valence electrons. The van der Waals surface area contributed by atoms with E-state index in [0.717, 1.165) is 11.4 Å². The van der Waals surface area contributed by atoms with Crippen LogP contribution in [0, 0.1) is 6.92 Å². The first-order valence-corrected chi connectivity index (χ1v) is 6.93. The van der Waals surface area contributed by atoms with Gasteiger partial charge in [-0.25, -0.2) is 0 Å². The first-order chi connectivity index (χ1) is 8.11. The Kier molecular flexibility index (Phi) is 3.87. The fourth-order valence-corrected chi connectivity index (χ4v) is 3.10. The third-order valence-electron chi connectivity index (χ3n) is 2.90. The molecule has 17 heavy (non-hydrogen) atoms. The van der Waals surface area contributed by atoms with E-state index in [1.165, 1.54) is 20.9 Å². The van der Waals surface area contributed by atoms with Crippen LogP contribution in [-0.2, 0) is 0 Å². The molecule has 0 spiro atoms. The Morgan fingerprint density at radius 1 is 1.29 bits per heavy atom. The molecule has 0 radical (unpaired) electrons. The van der Waals surface area contributed by atoms with Gasteiger partial charge in [-0.15, -0.1) is 11.3 Å². The van der Waals surface area contributed by atoms with Crippen molar-refractivity contribution in [2.45, 2.75) is 26.3 Å². The molecule has 1 nitrogen and oxygen atoms in total. The summed E-state index contributed by atoms with van der Waals surface area (Å²) < 4.78 is 0. The molecule has 1 aromatic carbocycles. The van der Waals surface area contributed by atoms with Crippen LogP contribution < -0.4 is 5.73 Å². The van der Waals surface area contributed by atoms with E-state index in [1.807, 2.05) is 12.1 Å². The minimum Gasteiger partial charge on any atom is -0.323 e. The van der Waals surface area contributed by atoms with Gasteiger partial charge >= 0.3 is 0 Å². The van der Waals surface area contributed by atoms with Gasteiger partial charge in [0.15, 0.2) is 0 Å². The lowest BCUT2D eigenvalue weighted by molar-refractivity contribution is 0.712. The highest BCUT2D eigenvalue weighted by Gasteiger charge is 2.10. The Morgan fingerprint density at radius 3 is 2.76 bits per heavy atom. The molecule has 2 aromatic rings. The van der Waals surface area contributed by atoms with Crippen molar-refractivity contribution in [3.05, 3.63) is 45.8 Å². The Bertz CT molecular complexity index is 519. The van der Waals surface area contributed by atoms with E-state index in [1.54, 1.807) is 11.3 Å². The number of nitrogens with two attached hydrogens (primary N) is 1. The standard InChI is InChI=1S/C14H16ClNS/c1-3-12(16)14-7-6-13(17-14)11-8-10(15)5-4-9(11)2/h4-8,12H,3,16H2,1-2H3. The maximum Gasteiger partial charge on any atom is 0.0412 e. The molecule has 0 aliphatic carbocycles. The molecule has 3 heteroatoms. The van der Waals surface area contributed by atoms with Crippen LogP contribution in [0.3, 0.4) is 0 Å². The van der Waals surface area contributed by atoms with Gasteiger partial charge in [0.2, 0.25) is 0 Å². The predicted molar refractivity (Wildman–Crippen MR) is 76.7 cm³/mol. The second-order valence-corrected chi connectivity index (χ2v) is 5.73. The summed E-state index contributed by atoms with van der Waals surface area (Å²) in [5, 5.41) is 0.778. The summed E-state index contributed by atoms with van der Waals surface area (Å²) in [5.41, 5.74) is 8.49. The van der Waals surface area contributed by atoms with Crippen molar-refractivity contribution in [3.63, 3.8) is 0 Å². The number of rotatable bonds is 3. The average molecular weight is 266 g/mol. The molecular weight excluding hydrogens is 250 g/mol. The van der Waals surface area contributed by atoms with E-state index in [0.29, 0.717) is 0 Å². The van der Waals surface area contributed by atoms with Gasteiger partial charge in [-0.3, -0.25) is 0 Å². The van der Waals surface area contributed by atoms with Crippen LogP contribution in [0.1, 0.15) is 29.8 Å². The van der Waals surface area contributed by atoms with E-state index < -0.39 is 0 Å². The topological polar surface area (TPSA) is 26.0 Å². The van der Waals surface area contributed by atoms with Crippen LogP contribution in [0.5, 0.6) is 0 Å². The highest BCUT2D eigenvalue weighted by atomic mass is 35.5. The monoisotopic (exact) mass is 265 g/mol. The molecule has 1 unspecified atom stereocenters. The summed E-state index contributed by atoms with van der Waals surface area (Å²) in [6.45, 7) is 4.21. The lowest BCUT2D eigenvalue weighted by Gasteiger charge is -2.05. The normalized spacial score (nSPS) is 12.7. The van der Waals surface area contributed by atoms with E-state index >= 15 is 0 Å². The minimum absolute atomic E-state index is 0.147. The van der Waals surface area contributed by atoms with Crippen molar-refractivity contribution in [1.29, 1.82) is 0 Å². The molecule has 0 saturated carbocycles. The third kappa shape index (κ3) is 2.71. The minimum atomic E-state index is 0.147. The molecule has 2 N–H and O–H groups in total. The fourth-order valence-electron chi connectivity index (χ4n) is 1.76. The first kappa shape index (κ1) is 12.6. The lowest BCUT2D eigenvalue weighted by atomic mass is 10.1. The van der Waals surface area contributed by atoms with Gasteiger partial charge in [0.25, 0.3) is 0 Å². The van der Waals surface area contributed by atoms with Gasteiger partial charge in [0.1, 0.15) is 0 Å². The molecule has 0 aliphatic heterocycles. The van der Waals surface area contributed by atoms with E-state index in [4.69, 9.17) is 17.3 Å². The van der Waals surface area contributed by atoms with Gasteiger partial charge < -0.3 is 5.73 Å². The Hall–Kier alpha value is -0.830. The second-order valence-electron chi connectivity index (χ2n) is 4.18. The maximum atomic E-state index is 6.04. The summed E-state index contributed by atoms with van der Waals surface area (Å²) in [6.07, 6.45) is 0.967. The van der Waals surface area contributed by atoms with E-state index in [9.17, 15) is 0 Å². The lowest BCUT2D eigenvalue weighted by Crippen LogP contribution is -2.05. The molecule has 0 amide bonds. The third-order valence-corrected chi connectivity index (χ3v) is 4.38. The van der Waals surface area contributed by atoms with Gasteiger partial charge in [-0.2, -0.15) is 0 Å². The van der Waals surface area contributed by atoms with E-state index in [2.05, 4.69) is 32.0 Å². The number of thiophene rings is 1. The molecule has 1 aromatic heterocycles. The molecule has 1 heterocycles. The molecule has 0 fully saturated rings. The number of halogens is 1. The predicted octanol–water partition coefficient (Wildman–Crippen LogP) is 4.79. The molecule has 2 rings (SSSR count).